The largest absolute Gasteiger partial charge is 0.378 e. The Balaban J connectivity index is 1.41. The Morgan fingerprint density at radius 3 is 2.84 bits per heavy atom. The van der Waals surface area contributed by atoms with Crippen molar-refractivity contribution in [2.24, 2.45) is 5.92 Å². The molecule has 3 N–H and O–H groups in total. The molecule has 0 bridgehead atoms. The van der Waals surface area contributed by atoms with E-state index < -0.39 is 23.8 Å². The number of H-pyrrole nitrogens is 1. The predicted octanol–water partition coefficient (Wildman–Crippen LogP) is 3.94. The van der Waals surface area contributed by atoms with Gasteiger partial charge in [-0.3, -0.25) is 14.9 Å². The van der Waals surface area contributed by atoms with E-state index in [1.807, 2.05) is 0 Å². The first-order chi connectivity index (χ1) is 15.0. The third kappa shape index (κ3) is 3.09. The van der Waals surface area contributed by atoms with Crippen LogP contribution in [0.1, 0.15) is 19.3 Å². The zero-order valence-corrected chi connectivity index (χ0v) is 16.7. The van der Waals surface area contributed by atoms with Crippen molar-refractivity contribution in [3.05, 3.63) is 35.6 Å². The van der Waals surface area contributed by atoms with E-state index in [-0.39, 0.29) is 23.3 Å². The average molecular weight is 444 g/mol. The second kappa shape index (κ2) is 6.61. The second-order valence-electron chi connectivity index (χ2n) is 7.97. The molecule has 1 amide bonds. The van der Waals surface area contributed by atoms with Crippen LogP contribution in [0.15, 0.2) is 24.8 Å². The molecule has 4 aromatic rings. The summed E-state index contributed by atoms with van der Waals surface area (Å²) in [4.78, 5) is 20.6. The second-order valence-corrected chi connectivity index (χ2v) is 8.34. The van der Waals surface area contributed by atoms with Crippen LogP contribution in [0.2, 0.25) is 5.02 Å². The van der Waals surface area contributed by atoms with Gasteiger partial charge in [-0.25, -0.2) is 13.8 Å². The summed E-state index contributed by atoms with van der Waals surface area (Å²) >= 11 is 6.44. The number of nitrogens with one attached hydrogen (secondary N) is 3. The van der Waals surface area contributed by atoms with E-state index in [2.05, 4.69) is 30.8 Å². The van der Waals surface area contributed by atoms with Crippen molar-refractivity contribution in [2.75, 3.05) is 10.6 Å². The lowest BCUT2D eigenvalue weighted by atomic mass is 10.1. The van der Waals surface area contributed by atoms with Gasteiger partial charge < -0.3 is 15.0 Å². The van der Waals surface area contributed by atoms with E-state index in [1.54, 1.807) is 23.0 Å². The van der Waals surface area contributed by atoms with Gasteiger partial charge in [0.25, 0.3) is 0 Å². The summed E-state index contributed by atoms with van der Waals surface area (Å²) in [5, 5.41) is 13.3. The first-order valence-electron chi connectivity index (χ1n) is 9.90. The van der Waals surface area contributed by atoms with Crippen LogP contribution in [0.25, 0.3) is 27.8 Å². The molecule has 0 radical (unpaired) electrons. The van der Waals surface area contributed by atoms with E-state index in [9.17, 15) is 9.18 Å². The van der Waals surface area contributed by atoms with E-state index in [0.717, 1.165) is 12.8 Å². The number of hydrogen-bond donors (Lipinski definition) is 3. The minimum absolute atomic E-state index is 0.0553. The molecule has 2 aliphatic carbocycles. The van der Waals surface area contributed by atoms with Crippen molar-refractivity contribution >= 4 is 45.6 Å². The summed E-state index contributed by atoms with van der Waals surface area (Å²) in [5.41, 5.74) is 2.13. The molecule has 3 aromatic heterocycles. The third-order valence-electron chi connectivity index (χ3n) is 5.61. The Labute approximate surface area is 179 Å². The quantitative estimate of drug-likeness (QED) is 0.434. The van der Waals surface area contributed by atoms with Crippen molar-refractivity contribution in [2.45, 2.75) is 31.5 Å². The highest BCUT2D eigenvalue weighted by Crippen LogP contribution is 2.42. The van der Waals surface area contributed by atoms with Crippen LogP contribution in [0.4, 0.5) is 20.3 Å². The number of benzene rings is 1. The SMILES string of the molecule is O=C(Nc1cn2cc(-c3c(Cl)c(F)c(NC4CC4)c4[nH]ncc34)ncc2n1)C1CC1F. The van der Waals surface area contributed by atoms with E-state index in [0.29, 0.717) is 33.5 Å². The zero-order chi connectivity index (χ0) is 21.3. The fraction of sp³-hybridized carbons (Fsp3) is 0.300. The van der Waals surface area contributed by atoms with Gasteiger partial charge in [-0.05, 0) is 19.3 Å². The van der Waals surface area contributed by atoms with Crippen molar-refractivity contribution in [3.8, 4) is 11.3 Å². The van der Waals surface area contributed by atoms with Crippen LogP contribution >= 0.6 is 11.6 Å². The number of fused-ring (bicyclic) bond motifs is 2. The van der Waals surface area contributed by atoms with Gasteiger partial charge in [-0.1, -0.05) is 11.6 Å². The van der Waals surface area contributed by atoms with Gasteiger partial charge >= 0.3 is 0 Å². The average Bonchev–Trinajstić information content (AvgIpc) is 3.61. The molecule has 11 heteroatoms. The summed E-state index contributed by atoms with van der Waals surface area (Å²) in [6, 6.07) is 0.236. The van der Waals surface area contributed by atoms with E-state index in [4.69, 9.17) is 11.6 Å². The lowest BCUT2D eigenvalue weighted by molar-refractivity contribution is -0.117. The lowest BCUT2D eigenvalue weighted by Crippen LogP contribution is -2.15. The van der Waals surface area contributed by atoms with E-state index >= 15 is 4.39 Å². The maximum Gasteiger partial charge on any atom is 0.231 e. The highest BCUT2D eigenvalue weighted by atomic mass is 35.5. The monoisotopic (exact) mass is 443 g/mol. The number of aromatic nitrogens is 5. The number of hydrogen-bond acceptors (Lipinski definition) is 5. The molecular formula is C20H16ClF2N7O. The number of anilines is 2. The molecule has 6 rings (SSSR count). The maximum absolute atomic E-state index is 15.2. The van der Waals surface area contributed by atoms with Crippen LogP contribution in [0, 0.1) is 11.7 Å². The van der Waals surface area contributed by atoms with Crippen molar-refractivity contribution in [3.63, 3.8) is 0 Å². The fourth-order valence-corrected chi connectivity index (χ4v) is 3.97. The van der Waals surface area contributed by atoms with Gasteiger partial charge in [0.2, 0.25) is 5.91 Å². The van der Waals surface area contributed by atoms with E-state index in [1.165, 1.54) is 6.20 Å². The van der Waals surface area contributed by atoms with Gasteiger partial charge in [-0.15, -0.1) is 0 Å². The normalized spacial score (nSPS) is 20.4. The predicted molar refractivity (Wildman–Crippen MR) is 111 cm³/mol. The minimum atomic E-state index is -1.09. The maximum atomic E-state index is 15.2. The van der Waals surface area contributed by atoms with Crippen molar-refractivity contribution < 1.29 is 13.6 Å². The summed E-state index contributed by atoms with van der Waals surface area (Å²) in [6.45, 7) is 0. The van der Waals surface area contributed by atoms with Crippen LogP contribution in [0.5, 0.6) is 0 Å². The topological polar surface area (TPSA) is 100 Å². The first-order valence-corrected chi connectivity index (χ1v) is 10.3. The van der Waals surface area contributed by atoms with Crippen LogP contribution in [-0.2, 0) is 4.79 Å². The molecule has 0 aliphatic heterocycles. The standard InChI is InChI=1S/C20H16ClF2N7O/c21-16-15(10-4-25-29-18(10)19(17(16)23)26-8-1-2-8)12-6-30-7-13(27-14(30)5-24-12)28-20(31)9-3-11(9)22/h4-9,11,26H,1-3H2,(H,25,29)(H,28,31). The van der Waals surface area contributed by atoms with Crippen LogP contribution < -0.4 is 10.6 Å². The molecule has 0 spiro atoms. The highest BCUT2D eigenvalue weighted by molar-refractivity contribution is 6.35. The first kappa shape index (κ1) is 18.5. The van der Waals surface area contributed by atoms with Gasteiger partial charge in [0, 0.05) is 23.2 Å². The summed E-state index contributed by atoms with van der Waals surface area (Å²) in [6.07, 6.45) is 7.44. The molecule has 31 heavy (non-hydrogen) atoms. The highest BCUT2D eigenvalue weighted by Gasteiger charge is 2.43. The number of carbonyl (C=O) groups is 1. The van der Waals surface area contributed by atoms with Crippen molar-refractivity contribution in [1.82, 2.24) is 24.6 Å². The number of alkyl halides is 1. The smallest absolute Gasteiger partial charge is 0.231 e. The fourth-order valence-electron chi connectivity index (χ4n) is 3.67. The Morgan fingerprint density at radius 2 is 2.10 bits per heavy atom. The number of imidazole rings is 1. The number of halogens is 3. The van der Waals surface area contributed by atoms with Gasteiger partial charge in [0.15, 0.2) is 17.3 Å². The molecule has 8 nitrogen and oxygen atoms in total. The Morgan fingerprint density at radius 1 is 1.29 bits per heavy atom. The minimum Gasteiger partial charge on any atom is -0.378 e. The molecule has 3 heterocycles. The molecule has 2 unspecified atom stereocenters. The van der Waals surface area contributed by atoms with Gasteiger partial charge in [-0.2, -0.15) is 5.10 Å². The van der Waals surface area contributed by atoms with Crippen LogP contribution in [0.3, 0.4) is 0 Å². The summed E-state index contributed by atoms with van der Waals surface area (Å²) in [5.74, 6) is -1.28. The molecule has 1 aromatic carbocycles. The Hall–Kier alpha value is -3.27. The number of rotatable bonds is 5. The number of aromatic amines is 1. The number of amides is 1. The number of carbonyl (C=O) groups excluding carboxylic acids is 1. The van der Waals surface area contributed by atoms with Gasteiger partial charge in [0.05, 0.1) is 46.4 Å². The Bertz CT molecular complexity index is 1360. The molecule has 2 fully saturated rings. The molecule has 2 saturated carbocycles. The van der Waals surface area contributed by atoms with Crippen LogP contribution in [-0.4, -0.2) is 42.7 Å². The molecule has 2 aliphatic rings. The molecule has 158 valence electrons. The lowest BCUT2D eigenvalue weighted by Gasteiger charge is -2.13. The third-order valence-corrected chi connectivity index (χ3v) is 5.97. The number of nitrogens with zero attached hydrogens (tertiary/aromatic N) is 4. The Kier molecular flexibility index (Phi) is 3.95. The molecule has 2 atom stereocenters. The molecule has 0 saturated heterocycles. The summed E-state index contributed by atoms with van der Waals surface area (Å²) in [7, 11) is 0. The zero-order valence-electron chi connectivity index (χ0n) is 16.0. The van der Waals surface area contributed by atoms with Gasteiger partial charge in [0.1, 0.15) is 6.17 Å². The summed E-state index contributed by atoms with van der Waals surface area (Å²) < 4.78 is 29.9. The van der Waals surface area contributed by atoms with Crippen molar-refractivity contribution in [1.29, 1.82) is 0 Å². The molecular weight excluding hydrogens is 428 g/mol.